The third-order valence-corrected chi connectivity index (χ3v) is 4.21. The van der Waals surface area contributed by atoms with Crippen molar-refractivity contribution in [1.82, 2.24) is 9.97 Å². The van der Waals surface area contributed by atoms with Gasteiger partial charge in [0.1, 0.15) is 5.82 Å². The molecule has 1 aromatic carbocycles. The van der Waals surface area contributed by atoms with Gasteiger partial charge in [0.15, 0.2) is 5.82 Å². The first-order valence-electron chi connectivity index (χ1n) is 6.37. The highest BCUT2D eigenvalue weighted by molar-refractivity contribution is 14.1. The molecule has 0 aliphatic rings. The number of hydrogen-bond donors (Lipinski definition) is 1. The van der Waals surface area contributed by atoms with E-state index >= 15 is 0 Å². The number of hydrogen-bond acceptors (Lipinski definition) is 4. The summed E-state index contributed by atoms with van der Waals surface area (Å²) in [4.78, 5) is 9.28. The molecule has 0 aliphatic carbocycles. The number of methoxy groups -OCH3 is 1. The molecule has 1 heterocycles. The molecule has 0 spiro atoms. The maximum Gasteiger partial charge on any atom is 0.162 e. The normalized spacial score (nSPS) is 10.7. The molecule has 0 saturated heterocycles. The van der Waals surface area contributed by atoms with Crippen molar-refractivity contribution in [2.75, 3.05) is 19.5 Å². The van der Waals surface area contributed by atoms with Gasteiger partial charge in [0.2, 0.25) is 0 Å². The Bertz CT molecular complexity index is 629. The molecular weight excluding hydrogens is 365 g/mol. The quantitative estimate of drug-likeness (QED) is 0.821. The predicted molar refractivity (Wildman–Crippen MR) is 89.9 cm³/mol. The largest absolute Gasteiger partial charge is 0.378 e. The standard InChI is InChI=1S/C15H18IN3O/c1-9-5-6-10(2)11(7-9)14-18-12(8-20-4)13(16)15(17-3)19-14/h5-7H,8H2,1-4H3,(H,17,18,19). The van der Waals surface area contributed by atoms with Crippen LogP contribution in [-0.4, -0.2) is 24.1 Å². The molecule has 0 radical (unpaired) electrons. The molecule has 2 aromatic rings. The fourth-order valence-electron chi connectivity index (χ4n) is 1.99. The van der Waals surface area contributed by atoms with Gasteiger partial charge in [-0.2, -0.15) is 0 Å². The number of nitrogens with one attached hydrogen (secondary N) is 1. The number of ether oxygens (including phenoxy) is 1. The molecule has 4 nitrogen and oxygen atoms in total. The summed E-state index contributed by atoms with van der Waals surface area (Å²) in [5, 5.41) is 3.12. The first-order valence-corrected chi connectivity index (χ1v) is 7.45. The fourth-order valence-corrected chi connectivity index (χ4v) is 2.66. The van der Waals surface area contributed by atoms with Crippen molar-refractivity contribution >= 4 is 28.4 Å². The van der Waals surface area contributed by atoms with E-state index in [9.17, 15) is 0 Å². The van der Waals surface area contributed by atoms with Crippen LogP contribution in [0, 0.1) is 17.4 Å². The molecule has 20 heavy (non-hydrogen) atoms. The molecule has 0 unspecified atom stereocenters. The highest BCUT2D eigenvalue weighted by atomic mass is 127. The number of anilines is 1. The summed E-state index contributed by atoms with van der Waals surface area (Å²) in [6.07, 6.45) is 0. The van der Waals surface area contributed by atoms with E-state index in [1.807, 2.05) is 7.05 Å². The van der Waals surface area contributed by atoms with Gasteiger partial charge in [-0.1, -0.05) is 17.7 Å². The van der Waals surface area contributed by atoms with E-state index in [1.54, 1.807) is 7.11 Å². The molecule has 0 fully saturated rings. The Labute approximate surface area is 133 Å². The third-order valence-electron chi connectivity index (χ3n) is 3.07. The second-order valence-corrected chi connectivity index (χ2v) is 5.74. The van der Waals surface area contributed by atoms with Crippen LogP contribution >= 0.6 is 22.6 Å². The van der Waals surface area contributed by atoms with Crippen molar-refractivity contribution in [3.05, 3.63) is 38.6 Å². The Morgan fingerprint density at radius 3 is 2.65 bits per heavy atom. The Morgan fingerprint density at radius 1 is 1.25 bits per heavy atom. The van der Waals surface area contributed by atoms with E-state index in [0.29, 0.717) is 6.61 Å². The molecule has 0 aliphatic heterocycles. The molecular formula is C15H18IN3O. The van der Waals surface area contributed by atoms with Gasteiger partial charge in [-0.05, 0) is 48.1 Å². The first-order chi connectivity index (χ1) is 9.56. The van der Waals surface area contributed by atoms with Crippen molar-refractivity contribution < 1.29 is 4.74 Å². The summed E-state index contributed by atoms with van der Waals surface area (Å²) in [5.74, 6) is 1.58. The summed E-state index contributed by atoms with van der Waals surface area (Å²) in [6, 6.07) is 6.31. The molecule has 2 rings (SSSR count). The van der Waals surface area contributed by atoms with Gasteiger partial charge < -0.3 is 10.1 Å². The summed E-state index contributed by atoms with van der Waals surface area (Å²) in [7, 11) is 3.54. The average Bonchev–Trinajstić information content (AvgIpc) is 2.44. The minimum absolute atomic E-state index is 0.480. The van der Waals surface area contributed by atoms with Crippen molar-refractivity contribution in [2.24, 2.45) is 0 Å². The zero-order valence-corrected chi connectivity index (χ0v) is 14.3. The van der Waals surface area contributed by atoms with Crippen LogP contribution in [0.25, 0.3) is 11.4 Å². The summed E-state index contributed by atoms with van der Waals surface area (Å²) >= 11 is 2.25. The van der Waals surface area contributed by atoms with Crippen LogP contribution in [0.1, 0.15) is 16.8 Å². The number of rotatable bonds is 4. The number of aryl methyl sites for hydroxylation is 2. The predicted octanol–water partition coefficient (Wildman–Crippen LogP) is 3.55. The average molecular weight is 383 g/mol. The van der Waals surface area contributed by atoms with Crippen LogP contribution in [-0.2, 0) is 11.3 Å². The van der Waals surface area contributed by atoms with E-state index in [2.05, 4.69) is 69.9 Å². The molecule has 0 saturated carbocycles. The Morgan fingerprint density at radius 2 is 2.00 bits per heavy atom. The van der Waals surface area contributed by atoms with Gasteiger partial charge in [-0.25, -0.2) is 9.97 Å². The second-order valence-electron chi connectivity index (χ2n) is 4.66. The fraction of sp³-hybridized carbons (Fsp3) is 0.333. The molecule has 1 N–H and O–H groups in total. The van der Waals surface area contributed by atoms with Gasteiger partial charge in [0.25, 0.3) is 0 Å². The van der Waals surface area contributed by atoms with Gasteiger partial charge in [0, 0.05) is 19.7 Å². The van der Waals surface area contributed by atoms with Crippen molar-refractivity contribution in [3.63, 3.8) is 0 Å². The van der Waals surface area contributed by atoms with Crippen LogP contribution in [0.15, 0.2) is 18.2 Å². The monoisotopic (exact) mass is 383 g/mol. The van der Waals surface area contributed by atoms with E-state index in [4.69, 9.17) is 4.74 Å². The smallest absolute Gasteiger partial charge is 0.162 e. The van der Waals surface area contributed by atoms with Gasteiger partial charge >= 0.3 is 0 Å². The highest BCUT2D eigenvalue weighted by Gasteiger charge is 2.14. The number of aromatic nitrogens is 2. The van der Waals surface area contributed by atoms with Crippen LogP contribution in [0.5, 0.6) is 0 Å². The summed E-state index contributed by atoms with van der Waals surface area (Å²) in [6.45, 7) is 4.63. The Balaban J connectivity index is 2.61. The lowest BCUT2D eigenvalue weighted by Crippen LogP contribution is -2.06. The van der Waals surface area contributed by atoms with Crippen molar-refractivity contribution in [3.8, 4) is 11.4 Å². The first kappa shape index (κ1) is 15.2. The van der Waals surface area contributed by atoms with E-state index < -0.39 is 0 Å². The molecule has 5 heteroatoms. The zero-order valence-electron chi connectivity index (χ0n) is 12.1. The topological polar surface area (TPSA) is 47.0 Å². The summed E-state index contributed by atoms with van der Waals surface area (Å²) in [5.41, 5.74) is 4.34. The van der Waals surface area contributed by atoms with Gasteiger partial charge in [0.05, 0.1) is 15.9 Å². The maximum absolute atomic E-state index is 5.23. The zero-order chi connectivity index (χ0) is 14.7. The van der Waals surface area contributed by atoms with E-state index in [1.165, 1.54) is 11.1 Å². The number of benzene rings is 1. The Hall–Kier alpha value is -1.21. The van der Waals surface area contributed by atoms with Crippen LogP contribution in [0.4, 0.5) is 5.82 Å². The third kappa shape index (κ3) is 3.09. The van der Waals surface area contributed by atoms with Gasteiger partial charge in [-0.3, -0.25) is 0 Å². The SMILES string of the molecule is CNc1nc(-c2cc(C)ccc2C)nc(COC)c1I. The lowest BCUT2D eigenvalue weighted by Gasteiger charge is -2.12. The lowest BCUT2D eigenvalue weighted by atomic mass is 10.1. The van der Waals surface area contributed by atoms with Crippen LogP contribution < -0.4 is 5.32 Å². The van der Waals surface area contributed by atoms with Crippen molar-refractivity contribution in [1.29, 1.82) is 0 Å². The summed E-state index contributed by atoms with van der Waals surface area (Å²) < 4.78 is 6.23. The molecule has 0 amide bonds. The maximum atomic E-state index is 5.23. The molecule has 0 atom stereocenters. The molecule has 106 valence electrons. The van der Waals surface area contributed by atoms with Crippen molar-refractivity contribution in [2.45, 2.75) is 20.5 Å². The number of halogens is 1. The highest BCUT2D eigenvalue weighted by Crippen LogP contribution is 2.26. The second kappa shape index (κ2) is 6.49. The van der Waals surface area contributed by atoms with Crippen LogP contribution in [0.3, 0.4) is 0 Å². The minimum atomic E-state index is 0.480. The van der Waals surface area contributed by atoms with E-state index in [0.717, 1.165) is 26.5 Å². The van der Waals surface area contributed by atoms with Gasteiger partial charge in [-0.15, -0.1) is 0 Å². The van der Waals surface area contributed by atoms with E-state index in [-0.39, 0.29) is 0 Å². The Kier molecular flexibility index (Phi) is 4.93. The lowest BCUT2D eigenvalue weighted by molar-refractivity contribution is 0.181. The minimum Gasteiger partial charge on any atom is -0.378 e. The number of nitrogens with zero attached hydrogens (tertiary/aromatic N) is 2. The molecule has 0 bridgehead atoms. The molecule has 1 aromatic heterocycles. The van der Waals surface area contributed by atoms with Crippen LogP contribution in [0.2, 0.25) is 0 Å².